The van der Waals surface area contributed by atoms with Crippen LogP contribution in [0.2, 0.25) is 0 Å². The Hall–Kier alpha value is -1.45. The van der Waals surface area contributed by atoms with Gasteiger partial charge in [-0.3, -0.25) is 0 Å². The van der Waals surface area contributed by atoms with Crippen LogP contribution in [0.1, 0.15) is 16.1 Å². The number of rotatable bonds is 2. The van der Waals surface area contributed by atoms with Crippen LogP contribution in [0.4, 0.5) is 4.39 Å². The van der Waals surface area contributed by atoms with E-state index < -0.39 is 12.8 Å². The van der Waals surface area contributed by atoms with E-state index in [1.807, 2.05) is 6.92 Å². The zero-order chi connectivity index (χ0) is 8.97. The molecule has 1 rings (SSSR count). The molecule has 0 spiro atoms. The first-order chi connectivity index (χ1) is 5.74. The summed E-state index contributed by atoms with van der Waals surface area (Å²) in [5.41, 5.74) is 1.06. The molecule has 0 aromatic carbocycles. The summed E-state index contributed by atoms with van der Waals surface area (Å²) in [4.78, 5) is 14.6. The van der Waals surface area contributed by atoms with Crippen LogP contribution in [-0.2, 0) is 4.74 Å². The van der Waals surface area contributed by atoms with E-state index in [9.17, 15) is 9.18 Å². The molecular formula is C8H8FNO2. The van der Waals surface area contributed by atoms with Crippen molar-refractivity contribution < 1.29 is 13.9 Å². The Labute approximate surface area is 69.2 Å². The van der Waals surface area contributed by atoms with E-state index in [-0.39, 0.29) is 5.69 Å². The highest BCUT2D eigenvalue weighted by Crippen LogP contribution is 2.00. The smallest absolute Gasteiger partial charge is 0.359 e. The molecule has 0 fully saturated rings. The summed E-state index contributed by atoms with van der Waals surface area (Å²) in [7, 11) is 0. The van der Waals surface area contributed by atoms with Crippen LogP contribution in [0.15, 0.2) is 18.3 Å². The van der Waals surface area contributed by atoms with Crippen molar-refractivity contribution in [3.05, 3.63) is 29.6 Å². The number of pyridine rings is 1. The first-order valence-electron chi connectivity index (χ1n) is 3.40. The van der Waals surface area contributed by atoms with Gasteiger partial charge in [-0.2, -0.15) is 0 Å². The van der Waals surface area contributed by atoms with Crippen LogP contribution in [0, 0.1) is 6.92 Å². The number of aryl methyl sites for hydroxylation is 1. The van der Waals surface area contributed by atoms with Crippen LogP contribution in [0.25, 0.3) is 0 Å². The highest BCUT2D eigenvalue weighted by atomic mass is 19.1. The molecule has 1 aromatic rings. The molecule has 0 saturated carbocycles. The number of carbonyl (C=O) groups excluding carboxylic acids is 1. The molecule has 12 heavy (non-hydrogen) atoms. The SMILES string of the molecule is Cc1ccc(C(=O)OCF)nc1. The molecule has 4 heteroatoms. The largest absolute Gasteiger partial charge is 0.429 e. The number of halogens is 1. The van der Waals surface area contributed by atoms with Gasteiger partial charge in [0.1, 0.15) is 5.69 Å². The molecule has 0 aliphatic rings. The molecule has 1 aromatic heterocycles. The first-order valence-corrected chi connectivity index (χ1v) is 3.40. The second kappa shape index (κ2) is 3.80. The molecular weight excluding hydrogens is 161 g/mol. The number of hydrogen-bond acceptors (Lipinski definition) is 3. The summed E-state index contributed by atoms with van der Waals surface area (Å²) in [6.07, 6.45) is 1.52. The summed E-state index contributed by atoms with van der Waals surface area (Å²) >= 11 is 0. The first kappa shape index (κ1) is 8.64. The van der Waals surface area contributed by atoms with Crippen molar-refractivity contribution in [2.24, 2.45) is 0 Å². The summed E-state index contributed by atoms with van der Waals surface area (Å²) in [6, 6.07) is 3.20. The second-order valence-corrected chi connectivity index (χ2v) is 2.26. The van der Waals surface area contributed by atoms with Crippen molar-refractivity contribution in [3.63, 3.8) is 0 Å². The lowest BCUT2D eigenvalue weighted by molar-refractivity contribution is 0.0317. The predicted octanol–water partition coefficient (Wildman–Crippen LogP) is 1.47. The molecule has 64 valence electrons. The fourth-order valence-electron chi connectivity index (χ4n) is 0.712. The van der Waals surface area contributed by atoms with Gasteiger partial charge < -0.3 is 4.74 Å². The monoisotopic (exact) mass is 169 g/mol. The Kier molecular flexibility index (Phi) is 2.74. The van der Waals surface area contributed by atoms with Crippen LogP contribution in [0.5, 0.6) is 0 Å². The fraction of sp³-hybridized carbons (Fsp3) is 0.250. The maximum atomic E-state index is 11.5. The van der Waals surface area contributed by atoms with Crippen LogP contribution in [-0.4, -0.2) is 17.8 Å². The number of nitrogens with zero attached hydrogens (tertiary/aromatic N) is 1. The molecule has 0 aliphatic heterocycles. The lowest BCUT2D eigenvalue weighted by Gasteiger charge is -1.98. The molecule has 0 saturated heterocycles. The third-order valence-electron chi connectivity index (χ3n) is 1.31. The standard InChI is InChI=1S/C8H8FNO2/c1-6-2-3-7(10-4-6)8(11)12-5-9/h2-4H,5H2,1H3. The summed E-state index contributed by atoms with van der Waals surface area (Å²) in [5.74, 6) is -0.738. The van der Waals surface area contributed by atoms with E-state index in [4.69, 9.17) is 0 Å². The topological polar surface area (TPSA) is 39.2 Å². The second-order valence-electron chi connectivity index (χ2n) is 2.26. The van der Waals surface area contributed by atoms with Crippen molar-refractivity contribution >= 4 is 5.97 Å². The number of esters is 1. The number of aromatic nitrogens is 1. The van der Waals surface area contributed by atoms with Gasteiger partial charge in [-0.15, -0.1) is 0 Å². The lowest BCUT2D eigenvalue weighted by Crippen LogP contribution is -2.05. The number of hydrogen-bond donors (Lipinski definition) is 0. The Morgan fingerprint density at radius 2 is 2.42 bits per heavy atom. The van der Waals surface area contributed by atoms with Gasteiger partial charge in [0.25, 0.3) is 0 Å². The number of alkyl halides is 1. The van der Waals surface area contributed by atoms with Gasteiger partial charge in [0, 0.05) is 6.20 Å². The van der Waals surface area contributed by atoms with Crippen LogP contribution < -0.4 is 0 Å². The van der Waals surface area contributed by atoms with Gasteiger partial charge >= 0.3 is 5.97 Å². The summed E-state index contributed by atoms with van der Waals surface area (Å²) in [5, 5.41) is 0. The van der Waals surface area contributed by atoms with E-state index in [0.717, 1.165) is 5.56 Å². The quantitative estimate of drug-likeness (QED) is 0.629. The van der Waals surface area contributed by atoms with Crippen LogP contribution >= 0.6 is 0 Å². The molecule has 0 amide bonds. The normalized spacial score (nSPS) is 9.50. The van der Waals surface area contributed by atoms with Crippen LogP contribution in [0.3, 0.4) is 0 Å². The van der Waals surface area contributed by atoms with Gasteiger partial charge in [0.05, 0.1) is 0 Å². The van der Waals surface area contributed by atoms with Crippen molar-refractivity contribution in [2.45, 2.75) is 6.92 Å². The highest BCUT2D eigenvalue weighted by molar-refractivity contribution is 5.87. The maximum absolute atomic E-state index is 11.5. The average Bonchev–Trinajstić information content (AvgIpc) is 2.06. The Morgan fingerprint density at radius 1 is 1.67 bits per heavy atom. The Bertz CT molecular complexity index is 271. The number of carbonyl (C=O) groups is 1. The minimum atomic E-state index is -1.12. The van der Waals surface area contributed by atoms with Gasteiger partial charge in [0.2, 0.25) is 6.86 Å². The lowest BCUT2D eigenvalue weighted by atomic mass is 10.3. The van der Waals surface area contributed by atoms with Gasteiger partial charge in [-0.25, -0.2) is 14.2 Å². The minimum Gasteiger partial charge on any atom is -0.429 e. The van der Waals surface area contributed by atoms with Gasteiger partial charge in [-0.05, 0) is 18.6 Å². The van der Waals surface area contributed by atoms with Crippen molar-refractivity contribution in [1.82, 2.24) is 4.98 Å². The fourth-order valence-corrected chi connectivity index (χ4v) is 0.712. The van der Waals surface area contributed by atoms with Gasteiger partial charge in [-0.1, -0.05) is 6.07 Å². The molecule has 3 nitrogen and oxygen atoms in total. The molecule has 0 radical (unpaired) electrons. The molecule has 0 N–H and O–H groups in total. The average molecular weight is 169 g/mol. The predicted molar refractivity (Wildman–Crippen MR) is 40.4 cm³/mol. The Balaban J connectivity index is 2.75. The van der Waals surface area contributed by atoms with E-state index in [1.165, 1.54) is 12.3 Å². The van der Waals surface area contributed by atoms with E-state index in [1.54, 1.807) is 6.07 Å². The molecule has 1 heterocycles. The van der Waals surface area contributed by atoms with Crippen molar-refractivity contribution in [1.29, 1.82) is 0 Å². The molecule has 0 bridgehead atoms. The number of ether oxygens (including phenoxy) is 1. The maximum Gasteiger partial charge on any atom is 0.359 e. The third kappa shape index (κ3) is 2.02. The minimum absolute atomic E-state index is 0.123. The van der Waals surface area contributed by atoms with E-state index in [2.05, 4.69) is 9.72 Å². The van der Waals surface area contributed by atoms with Gasteiger partial charge in [0.15, 0.2) is 0 Å². The van der Waals surface area contributed by atoms with E-state index >= 15 is 0 Å². The summed E-state index contributed by atoms with van der Waals surface area (Å²) in [6.45, 7) is 0.728. The van der Waals surface area contributed by atoms with Crippen molar-refractivity contribution in [3.8, 4) is 0 Å². The molecule has 0 atom stereocenters. The van der Waals surface area contributed by atoms with E-state index in [0.29, 0.717) is 0 Å². The molecule has 0 aliphatic carbocycles. The summed E-state index contributed by atoms with van der Waals surface area (Å²) < 4.78 is 15.6. The third-order valence-corrected chi connectivity index (χ3v) is 1.31. The van der Waals surface area contributed by atoms with Crippen molar-refractivity contribution in [2.75, 3.05) is 6.86 Å². The Morgan fingerprint density at radius 3 is 2.92 bits per heavy atom. The highest BCUT2D eigenvalue weighted by Gasteiger charge is 2.06. The molecule has 0 unspecified atom stereocenters. The zero-order valence-electron chi connectivity index (χ0n) is 6.58. The zero-order valence-corrected chi connectivity index (χ0v) is 6.58.